The highest BCUT2D eigenvalue weighted by molar-refractivity contribution is 7.98. The number of halogens is 1. The molecule has 2 aromatic heterocycles. The molecule has 0 saturated heterocycles. The summed E-state index contributed by atoms with van der Waals surface area (Å²) < 4.78 is 12.9. The van der Waals surface area contributed by atoms with Gasteiger partial charge in [0, 0.05) is 34.8 Å². The molecule has 7 nitrogen and oxygen atoms in total. The fourth-order valence-corrected chi connectivity index (χ4v) is 4.00. The minimum atomic E-state index is -0.457. The first-order chi connectivity index (χ1) is 14.4. The number of ether oxygens (including phenoxy) is 1. The van der Waals surface area contributed by atoms with Crippen molar-refractivity contribution < 1.29 is 14.3 Å². The summed E-state index contributed by atoms with van der Waals surface area (Å²) in [5.41, 5.74) is 1.28. The van der Waals surface area contributed by atoms with E-state index in [4.69, 9.17) is 20.8 Å². The monoisotopic (exact) mass is 443 g/mol. The molecule has 0 spiro atoms. The second-order valence-electron chi connectivity index (χ2n) is 6.67. The lowest BCUT2D eigenvalue weighted by atomic mass is 10.1. The van der Waals surface area contributed by atoms with Crippen molar-refractivity contribution in [3.63, 3.8) is 0 Å². The second-order valence-corrected chi connectivity index (χ2v) is 8.05. The first kappa shape index (κ1) is 20.3. The molecule has 30 heavy (non-hydrogen) atoms. The lowest BCUT2D eigenvalue weighted by Gasteiger charge is -2.09. The highest BCUT2D eigenvalue weighted by atomic mass is 35.5. The number of rotatable bonds is 6. The topological polar surface area (TPSA) is 90.4 Å². The third kappa shape index (κ3) is 4.15. The Kier molecular flexibility index (Phi) is 5.69. The summed E-state index contributed by atoms with van der Waals surface area (Å²) in [5, 5.41) is 20.4. The van der Waals surface area contributed by atoms with Gasteiger partial charge < -0.3 is 18.8 Å². The maximum Gasteiger partial charge on any atom is 0.336 e. The normalized spacial score (nSPS) is 11.2. The summed E-state index contributed by atoms with van der Waals surface area (Å²) in [5.74, 6) is 1.95. The predicted octanol–water partition coefficient (Wildman–Crippen LogP) is 4.46. The molecule has 0 saturated carbocycles. The Morgan fingerprint density at radius 1 is 1.20 bits per heavy atom. The summed E-state index contributed by atoms with van der Waals surface area (Å²) in [6.45, 7) is 1.98. The molecule has 0 aliphatic heterocycles. The van der Waals surface area contributed by atoms with Crippen LogP contribution in [-0.4, -0.2) is 19.9 Å². The minimum Gasteiger partial charge on any atom is -0.508 e. The summed E-state index contributed by atoms with van der Waals surface area (Å²) in [6, 6.07) is 11.9. The number of aromatic nitrogens is 3. The molecule has 9 heteroatoms. The largest absolute Gasteiger partial charge is 0.508 e. The molecular weight excluding hydrogens is 426 g/mol. The minimum absolute atomic E-state index is 0.0917. The Morgan fingerprint density at radius 2 is 1.97 bits per heavy atom. The molecule has 4 aromatic rings. The molecule has 0 atom stereocenters. The van der Waals surface area contributed by atoms with Gasteiger partial charge in [-0.15, -0.1) is 10.2 Å². The van der Waals surface area contributed by atoms with Gasteiger partial charge >= 0.3 is 5.63 Å². The number of aromatic hydroxyl groups is 1. The molecule has 0 aliphatic rings. The molecule has 154 valence electrons. The van der Waals surface area contributed by atoms with Crippen LogP contribution in [0.15, 0.2) is 56.8 Å². The molecule has 2 heterocycles. The SMILES string of the molecule is Cc1c(O)ccc2c(CSc3nnc(COc4ccc(Cl)cc4)n3C)cc(=O)oc12. The van der Waals surface area contributed by atoms with Gasteiger partial charge in [-0.2, -0.15) is 0 Å². The van der Waals surface area contributed by atoms with Crippen molar-refractivity contribution in [2.75, 3.05) is 0 Å². The quantitative estimate of drug-likeness (QED) is 0.347. The smallest absolute Gasteiger partial charge is 0.336 e. The van der Waals surface area contributed by atoms with Crippen LogP contribution < -0.4 is 10.4 Å². The van der Waals surface area contributed by atoms with Gasteiger partial charge in [-0.1, -0.05) is 23.4 Å². The number of fused-ring (bicyclic) bond motifs is 1. The van der Waals surface area contributed by atoms with Crippen molar-refractivity contribution in [3.05, 3.63) is 74.9 Å². The number of nitrogens with zero attached hydrogens (tertiary/aromatic N) is 3. The number of thioether (sulfide) groups is 1. The zero-order valence-corrected chi connectivity index (χ0v) is 17.8. The summed E-state index contributed by atoms with van der Waals surface area (Å²) in [6.07, 6.45) is 0. The molecule has 0 fully saturated rings. The zero-order valence-electron chi connectivity index (χ0n) is 16.3. The third-order valence-corrected chi connectivity index (χ3v) is 6.00. The van der Waals surface area contributed by atoms with Crippen molar-refractivity contribution in [1.29, 1.82) is 0 Å². The van der Waals surface area contributed by atoms with E-state index in [1.54, 1.807) is 43.3 Å². The van der Waals surface area contributed by atoms with E-state index in [9.17, 15) is 9.90 Å². The van der Waals surface area contributed by atoms with E-state index < -0.39 is 5.63 Å². The van der Waals surface area contributed by atoms with E-state index in [-0.39, 0.29) is 12.4 Å². The lowest BCUT2D eigenvalue weighted by Crippen LogP contribution is -2.04. The van der Waals surface area contributed by atoms with Gasteiger partial charge in [-0.3, -0.25) is 0 Å². The number of benzene rings is 2. The Hall–Kier alpha value is -2.97. The zero-order chi connectivity index (χ0) is 21.3. The van der Waals surface area contributed by atoms with Crippen molar-refractivity contribution in [1.82, 2.24) is 14.8 Å². The molecule has 0 amide bonds. The van der Waals surface area contributed by atoms with Gasteiger partial charge in [0.2, 0.25) is 0 Å². The van der Waals surface area contributed by atoms with Gasteiger partial charge in [0.15, 0.2) is 11.0 Å². The number of phenols is 1. The number of hydrogen-bond acceptors (Lipinski definition) is 7. The van der Waals surface area contributed by atoms with Crippen molar-refractivity contribution in [2.45, 2.75) is 24.4 Å². The first-order valence-corrected chi connectivity index (χ1v) is 10.4. The predicted molar refractivity (Wildman–Crippen MR) is 115 cm³/mol. The Labute approximate surface area is 181 Å². The van der Waals surface area contributed by atoms with E-state index >= 15 is 0 Å². The van der Waals surface area contributed by atoms with Crippen molar-refractivity contribution in [2.24, 2.45) is 7.05 Å². The molecule has 4 rings (SSSR count). The van der Waals surface area contributed by atoms with E-state index in [0.29, 0.717) is 38.7 Å². The van der Waals surface area contributed by atoms with Crippen LogP contribution >= 0.6 is 23.4 Å². The maximum atomic E-state index is 12.0. The van der Waals surface area contributed by atoms with Gasteiger partial charge in [0.05, 0.1) is 0 Å². The second kappa shape index (κ2) is 8.41. The molecule has 1 N–H and O–H groups in total. The fraction of sp³-hybridized carbons (Fsp3) is 0.190. The van der Waals surface area contributed by atoms with E-state index in [1.807, 2.05) is 11.6 Å². The van der Waals surface area contributed by atoms with Crippen LogP contribution in [0.1, 0.15) is 17.0 Å². The first-order valence-electron chi connectivity index (χ1n) is 9.07. The van der Waals surface area contributed by atoms with Crippen LogP contribution in [0.2, 0.25) is 5.02 Å². The van der Waals surface area contributed by atoms with Crippen LogP contribution in [0.5, 0.6) is 11.5 Å². The number of hydrogen-bond donors (Lipinski definition) is 1. The molecule has 0 bridgehead atoms. The Bertz CT molecular complexity index is 1270. The highest BCUT2D eigenvalue weighted by Gasteiger charge is 2.14. The number of aryl methyl sites for hydroxylation is 1. The lowest BCUT2D eigenvalue weighted by molar-refractivity contribution is 0.290. The van der Waals surface area contributed by atoms with Crippen molar-refractivity contribution in [3.8, 4) is 11.5 Å². The van der Waals surface area contributed by atoms with Crippen LogP contribution in [0.3, 0.4) is 0 Å². The number of phenolic OH excluding ortho intramolecular Hbond substituents is 1. The molecular formula is C21H18ClN3O4S. The van der Waals surface area contributed by atoms with Gasteiger partial charge in [0.25, 0.3) is 0 Å². The molecule has 2 aromatic carbocycles. The summed E-state index contributed by atoms with van der Waals surface area (Å²) >= 11 is 7.33. The average Bonchev–Trinajstić information content (AvgIpc) is 3.08. The Morgan fingerprint density at radius 3 is 2.73 bits per heavy atom. The summed E-state index contributed by atoms with van der Waals surface area (Å²) in [7, 11) is 1.86. The standard InChI is InChI=1S/C21H18ClN3O4S/c1-12-17(26)8-7-16-13(9-19(27)29-20(12)16)11-30-21-24-23-18(25(21)2)10-28-15-5-3-14(22)4-6-15/h3-9,26H,10-11H2,1-2H3. The van der Waals surface area contributed by atoms with Gasteiger partial charge in [-0.05, 0) is 48.9 Å². The van der Waals surface area contributed by atoms with Crippen LogP contribution in [0.25, 0.3) is 11.0 Å². The van der Waals surface area contributed by atoms with E-state index in [2.05, 4.69) is 10.2 Å². The molecule has 0 radical (unpaired) electrons. The van der Waals surface area contributed by atoms with Crippen molar-refractivity contribution >= 4 is 34.3 Å². The van der Waals surface area contributed by atoms with Gasteiger partial charge in [0.1, 0.15) is 23.7 Å². The Balaban J connectivity index is 1.50. The van der Waals surface area contributed by atoms with Crippen LogP contribution in [-0.2, 0) is 19.4 Å². The highest BCUT2D eigenvalue weighted by Crippen LogP contribution is 2.30. The van der Waals surface area contributed by atoms with E-state index in [0.717, 1.165) is 10.9 Å². The third-order valence-electron chi connectivity index (χ3n) is 4.68. The van der Waals surface area contributed by atoms with Gasteiger partial charge in [-0.25, -0.2) is 4.79 Å². The maximum absolute atomic E-state index is 12.0. The molecule has 0 aliphatic carbocycles. The molecule has 0 unspecified atom stereocenters. The fourth-order valence-electron chi connectivity index (χ4n) is 2.95. The summed E-state index contributed by atoms with van der Waals surface area (Å²) in [4.78, 5) is 12.0. The van der Waals surface area contributed by atoms with E-state index in [1.165, 1.54) is 17.8 Å². The van der Waals surface area contributed by atoms with Crippen LogP contribution in [0, 0.1) is 6.92 Å². The average molecular weight is 444 g/mol. The van der Waals surface area contributed by atoms with Crippen LogP contribution in [0.4, 0.5) is 0 Å².